The van der Waals surface area contributed by atoms with Crippen LogP contribution < -0.4 is 11.1 Å². The van der Waals surface area contributed by atoms with Gasteiger partial charge in [0, 0.05) is 13.1 Å². The Morgan fingerprint density at radius 2 is 1.77 bits per heavy atom. The van der Waals surface area contributed by atoms with Crippen LogP contribution in [0.3, 0.4) is 0 Å². The van der Waals surface area contributed by atoms with E-state index in [9.17, 15) is 14.4 Å². The average molecular weight is 412 g/mol. The molecule has 4 aliphatic rings. The molecule has 1 amide bonds. The minimum atomic E-state index is -0.503. The van der Waals surface area contributed by atoms with Crippen molar-refractivity contribution >= 4 is 23.0 Å². The first-order valence-corrected chi connectivity index (χ1v) is 11.0. The predicted molar refractivity (Wildman–Crippen MR) is 110 cm³/mol. The maximum Gasteiger partial charge on any atom is 0.419 e. The fourth-order valence-electron chi connectivity index (χ4n) is 6.49. The van der Waals surface area contributed by atoms with E-state index in [2.05, 4.69) is 5.32 Å². The fraction of sp³-hybridized carbons (Fsp3) is 0.609. The molecule has 6 rings (SSSR count). The van der Waals surface area contributed by atoms with Gasteiger partial charge in [0.25, 0.3) is 5.91 Å². The molecule has 0 unspecified atom stereocenters. The summed E-state index contributed by atoms with van der Waals surface area (Å²) in [6, 6.07) is 7.06. The summed E-state index contributed by atoms with van der Waals surface area (Å²) in [6.45, 7) is 0.582. The summed E-state index contributed by atoms with van der Waals surface area (Å²) < 4.78 is 11.7. The van der Waals surface area contributed by atoms with Gasteiger partial charge in [-0.15, -0.1) is 0 Å². The Morgan fingerprint density at radius 3 is 2.47 bits per heavy atom. The molecule has 4 aliphatic carbocycles. The monoisotopic (exact) mass is 412 g/mol. The number of aryl methyl sites for hydroxylation is 1. The van der Waals surface area contributed by atoms with Crippen molar-refractivity contribution in [3.05, 3.63) is 34.8 Å². The number of ether oxygens (including phenoxy) is 1. The summed E-state index contributed by atoms with van der Waals surface area (Å²) in [4.78, 5) is 36.3. The zero-order chi connectivity index (χ0) is 20.7. The summed E-state index contributed by atoms with van der Waals surface area (Å²) in [5, 5.41) is 3.01. The lowest BCUT2D eigenvalue weighted by Crippen LogP contribution is -2.51. The SMILES string of the molecule is O=C(COC(=O)CCn1c(=O)oc2ccccc21)NCC12CC3CC(CC(C3)C1)C2. The van der Waals surface area contributed by atoms with E-state index in [0.29, 0.717) is 17.6 Å². The van der Waals surface area contributed by atoms with Gasteiger partial charge in [-0.1, -0.05) is 12.1 Å². The van der Waals surface area contributed by atoms with E-state index in [1.54, 1.807) is 24.3 Å². The van der Waals surface area contributed by atoms with E-state index in [4.69, 9.17) is 9.15 Å². The summed E-state index contributed by atoms with van der Waals surface area (Å²) in [5.41, 5.74) is 1.39. The van der Waals surface area contributed by atoms with Gasteiger partial charge in [-0.25, -0.2) is 4.79 Å². The van der Waals surface area contributed by atoms with Gasteiger partial charge in [0.05, 0.1) is 11.9 Å². The number of nitrogens with one attached hydrogen (secondary N) is 1. The Balaban J connectivity index is 1.08. The predicted octanol–water partition coefficient (Wildman–Crippen LogP) is 2.86. The number of oxazole rings is 1. The van der Waals surface area contributed by atoms with Gasteiger partial charge in [-0.05, 0) is 73.8 Å². The van der Waals surface area contributed by atoms with Crippen LogP contribution in [0.5, 0.6) is 0 Å². The third kappa shape index (κ3) is 3.77. The van der Waals surface area contributed by atoms with Crippen molar-refractivity contribution in [1.82, 2.24) is 9.88 Å². The van der Waals surface area contributed by atoms with Gasteiger partial charge in [-0.2, -0.15) is 0 Å². The van der Waals surface area contributed by atoms with Gasteiger partial charge in [0.15, 0.2) is 12.2 Å². The smallest absolute Gasteiger partial charge is 0.419 e. The number of carbonyl (C=O) groups is 2. The molecular weight excluding hydrogens is 384 g/mol. The first kappa shape index (κ1) is 19.4. The lowest BCUT2D eigenvalue weighted by atomic mass is 9.49. The second kappa shape index (κ2) is 7.60. The van der Waals surface area contributed by atoms with E-state index in [1.807, 2.05) is 0 Å². The molecule has 1 aromatic carbocycles. The molecule has 160 valence electrons. The van der Waals surface area contributed by atoms with Crippen molar-refractivity contribution < 1.29 is 18.7 Å². The number of amides is 1. The van der Waals surface area contributed by atoms with Crippen LogP contribution in [0, 0.1) is 23.2 Å². The second-order valence-electron chi connectivity index (χ2n) is 9.59. The fourth-order valence-corrected chi connectivity index (χ4v) is 6.49. The number of para-hydroxylation sites is 2. The van der Waals surface area contributed by atoms with Gasteiger partial charge in [0.1, 0.15) is 0 Å². The second-order valence-corrected chi connectivity index (χ2v) is 9.59. The van der Waals surface area contributed by atoms with Gasteiger partial charge in [-0.3, -0.25) is 14.2 Å². The van der Waals surface area contributed by atoms with Crippen molar-refractivity contribution in [3.8, 4) is 0 Å². The van der Waals surface area contributed by atoms with Crippen LogP contribution in [-0.2, 0) is 20.9 Å². The Kier molecular flexibility index (Phi) is 4.91. The molecule has 2 aromatic rings. The largest absolute Gasteiger partial charge is 0.456 e. The highest BCUT2D eigenvalue weighted by Crippen LogP contribution is 2.59. The van der Waals surface area contributed by atoms with Crippen molar-refractivity contribution in [2.45, 2.75) is 51.5 Å². The molecule has 7 heteroatoms. The molecule has 0 spiro atoms. The minimum absolute atomic E-state index is 0.00565. The van der Waals surface area contributed by atoms with E-state index in [-0.39, 0.29) is 30.9 Å². The zero-order valence-electron chi connectivity index (χ0n) is 17.1. The maximum absolute atomic E-state index is 12.2. The Labute approximate surface area is 174 Å². The molecule has 1 heterocycles. The van der Waals surface area contributed by atoms with Crippen LogP contribution in [0.4, 0.5) is 0 Å². The molecule has 30 heavy (non-hydrogen) atoms. The van der Waals surface area contributed by atoms with Crippen LogP contribution in [0.2, 0.25) is 0 Å². The minimum Gasteiger partial charge on any atom is -0.456 e. The number of aromatic nitrogens is 1. The third-order valence-corrected chi connectivity index (χ3v) is 7.30. The molecule has 0 saturated heterocycles. The van der Waals surface area contributed by atoms with Crippen molar-refractivity contribution in [2.75, 3.05) is 13.2 Å². The number of esters is 1. The number of rotatable bonds is 7. The number of fused-ring (bicyclic) bond motifs is 1. The highest BCUT2D eigenvalue weighted by atomic mass is 16.5. The standard InChI is InChI=1S/C23H28N2O5/c26-20(24-14-23-10-15-7-16(11-23)9-17(8-15)12-23)13-29-21(27)5-6-25-18-3-1-2-4-19(18)30-22(25)28/h1-4,15-17H,5-14H2,(H,24,26). The molecule has 1 aromatic heterocycles. The number of benzene rings is 1. The number of carbonyl (C=O) groups excluding carboxylic acids is 2. The van der Waals surface area contributed by atoms with Crippen LogP contribution >= 0.6 is 0 Å². The number of hydrogen-bond acceptors (Lipinski definition) is 5. The molecule has 7 nitrogen and oxygen atoms in total. The van der Waals surface area contributed by atoms with Crippen molar-refractivity contribution in [3.63, 3.8) is 0 Å². The molecule has 1 N–H and O–H groups in total. The molecular formula is C23H28N2O5. The summed E-state index contributed by atoms with van der Waals surface area (Å²) >= 11 is 0. The maximum atomic E-state index is 12.2. The molecule has 4 saturated carbocycles. The summed E-state index contributed by atoms with van der Waals surface area (Å²) in [5.74, 6) is 1.27. The molecule has 4 bridgehead atoms. The van der Waals surface area contributed by atoms with Gasteiger partial charge >= 0.3 is 11.7 Å². The van der Waals surface area contributed by atoms with E-state index < -0.39 is 11.7 Å². The van der Waals surface area contributed by atoms with Crippen molar-refractivity contribution in [1.29, 1.82) is 0 Å². The van der Waals surface area contributed by atoms with Crippen LogP contribution in [-0.4, -0.2) is 29.6 Å². The van der Waals surface area contributed by atoms with Crippen molar-refractivity contribution in [2.24, 2.45) is 23.2 Å². The van der Waals surface area contributed by atoms with Crippen LogP contribution in [0.15, 0.2) is 33.5 Å². The molecule has 4 fully saturated rings. The molecule has 0 atom stereocenters. The molecule has 0 aliphatic heterocycles. The number of nitrogens with zero attached hydrogens (tertiary/aromatic N) is 1. The highest BCUT2D eigenvalue weighted by molar-refractivity contribution is 5.80. The Hall–Kier alpha value is -2.57. The topological polar surface area (TPSA) is 90.5 Å². The van der Waals surface area contributed by atoms with E-state index in [0.717, 1.165) is 17.8 Å². The lowest BCUT2D eigenvalue weighted by Gasteiger charge is -2.56. The zero-order valence-corrected chi connectivity index (χ0v) is 17.1. The number of hydrogen-bond donors (Lipinski definition) is 1. The average Bonchev–Trinajstić information content (AvgIpc) is 3.03. The first-order valence-electron chi connectivity index (χ1n) is 11.0. The quantitative estimate of drug-likeness (QED) is 0.706. The van der Waals surface area contributed by atoms with Gasteiger partial charge < -0.3 is 14.5 Å². The van der Waals surface area contributed by atoms with Crippen LogP contribution in [0.1, 0.15) is 44.9 Å². The van der Waals surface area contributed by atoms with Gasteiger partial charge in [0.2, 0.25) is 0 Å². The Bertz CT molecular complexity index is 985. The molecule has 0 radical (unpaired) electrons. The lowest BCUT2D eigenvalue weighted by molar-refractivity contribution is -0.149. The summed E-state index contributed by atoms with van der Waals surface area (Å²) in [7, 11) is 0. The van der Waals surface area contributed by atoms with E-state index >= 15 is 0 Å². The van der Waals surface area contributed by atoms with Crippen LogP contribution in [0.25, 0.3) is 11.1 Å². The van der Waals surface area contributed by atoms with E-state index in [1.165, 1.54) is 43.1 Å². The normalized spacial score (nSPS) is 29.3. The third-order valence-electron chi connectivity index (χ3n) is 7.30. The summed E-state index contributed by atoms with van der Waals surface area (Å²) in [6.07, 6.45) is 7.82. The Morgan fingerprint density at radius 1 is 1.10 bits per heavy atom. The highest BCUT2D eigenvalue weighted by Gasteiger charge is 2.50. The first-order chi connectivity index (χ1) is 14.5.